The average Bonchev–Trinajstić information content (AvgIpc) is 2.61. The predicted molar refractivity (Wildman–Crippen MR) is 103 cm³/mol. The molecule has 26 heavy (non-hydrogen) atoms. The van der Waals surface area contributed by atoms with Gasteiger partial charge in [0, 0.05) is 23.4 Å². The average molecular weight is 439 g/mol. The largest absolute Gasteiger partial charge is 0.483 e. The predicted octanol–water partition coefficient (Wildman–Crippen LogP) is 4.20. The number of nitrogens with zero attached hydrogens (tertiary/aromatic N) is 2. The molecule has 1 amide bonds. The van der Waals surface area contributed by atoms with E-state index in [0.717, 1.165) is 5.56 Å². The maximum absolute atomic E-state index is 11.6. The summed E-state index contributed by atoms with van der Waals surface area (Å²) in [4.78, 5) is 21.7. The van der Waals surface area contributed by atoms with E-state index in [1.807, 2.05) is 0 Å². The van der Waals surface area contributed by atoms with Gasteiger partial charge >= 0.3 is 0 Å². The number of hydrogen-bond acceptors (Lipinski definition) is 5. The molecule has 0 unspecified atom stereocenters. The number of allylic oxidation sites excluding steroid dienone is 1. The third-order valence-corrected chi connectivity index (χ3v) is 3.85. The number of non-ortho nitro benzene ring substituents is 1. The number of hydrogen-bond donors (Lipinski definition) is 1. The Morgan fingerprint density at radius 3 is 2.69 bits per heavy atom. The molecule has 1 N–H and O–H groups in total. The van der Waals surface area contributed by atoms with Gasteiger partial charge in [-0.15, -0.1) is 0 Å². The first kappa shape index (κ1) is 19.6. The van der Waals surface area contributed by atoms with Gasteiger partial charge in [0.1, 0.15) is 5.75 Å². The summed E-state index contributed by atoms with van der Waals surface area (Å²) in [6.45, 7) is -0.205. The Morgan fingerprint density at radius 2 is 2.04 bits per heavy atom. The van der Waals surface area contributed by atoms with E-state index in [2.05, 4.69) is 26.5 Å². The van der Waals surface area contributed by atoms with Crippen LogP contribution in [0.2, 0.25) is 5.02 Å². The number of halogens is 2. The highest BCUT2D eigenvalue weighted by Gasteiger charge is 2.05. The van der Waals surface area contributed by atoms with Crippen LogP contribution in [0.4, 0.5) is 5.69 Å². The van der Waals surface area contributed by atoms with Gasteiger partial charge in [0.05, 0.1) is 9.40 Å². The molecule has 0 fully saturated rings. The highest BCUT2D eigenvalue weighted by Crippen LogP contribution is 2.27. The van der Waals surface area contributed by atoms with Crippen LogP contribution in [0.25, 0.3) is 6.08 Å². The van der Waals surface area contributed by atoms with Crippen LogP contribution in [0.1, 0.15) is 5.56 Å². The summed E-state index contributed by atoms with van der Waals surface area (Å²) in [5.74, 6) is 0.0680. The van der Waals surface area contributed by atoms with E-state index in [1.165, 1.54) is 18.3 Å². The summed E-state index contributed by atoms with van der Waals surface area (Å²) in [5.41, 5.74) is 3.11. The quantitative estimate of drug-likeness (QED) is 0.398. The number of carbonyl (C=O) groups is 1. The van der Waals surface area contributed by atoms with E-state index in [0.29, 0.717) is 15.2 Å². The fourth-order valence-electron chi connectivity index (χ4n) is 1.78. The second-order valence-corrected chi connectivity index (χ2v) is 6.18. The molecule has 0 atom stereocenters. The molecule has 0 saturated heterocycles. The molecule has 9 heteroatoms. The zero-order valence-electron chi connectivity index (χ0n) is 13.3. The Balaban J connectivity index is 1.76. The highest BCUT2D eigenvalue weighted by molar-refractivity contribution is 9.10. The number of nitro groups is 1. The molecule has 0 spiro atoms. The Bertz CT molecular complexity index is 854. The molecular formula is C17H13BrClN3O4. The Morgan fingerprint density at radius 1 is 1.31 bits per heavy atom. The van der Waals surface area contributed by atoms with Crippen LogP contribution in [0, 0.1) is 10.1 Å². The molecule has 0 radical (unpaired) electrons. The SMILES string of the molecule is O=C(COc1ccc(Cl)cc1Br)N/N=C/C=C/c1ccc([N+](=O)[O-])cc1. The molecule has 0 aliphatic rings. The standard InChI is InChI=1S/C17H13BrClN3O4/c18-15-10-13(19)5-8-16(15)26-11-17(23)21-20-9-1-2-12-3-6-14(7-4-12)22(24)25/h1-10H,11H2,(H,21,23)/b2-1+,20-9+. The molecular weight excluding hydrogens is 426 g/mol. The van der Waals surface area contributed by atoms with Crippen LogP contribution in [-0.2, 0) is 4.79 Å². The van der Waals surface area contributed by atoms with Crippen molar-refractivity contribution in [3.8, 4) is 5.75 Å². The summed E-state index contributed by atoms with van der Waals surface area (Å²) in [6, 6.07) is 11.0. The number of benzene rings is 2. The van der Waals surface area contributed by atoms with Crippen molar-refractivity contribution in [3.63, 3.8) is 0 Å². The summed E-state index contributed by atoms with van der Waals surface area (Å²) in [7, 11) is 0. The zero-order chi connectivity index (χ0) is 18.9. The van der Waals surface area contributed by atoms with Crippen LogP contribution in [0.3, 0.4) is 0 Å². The van der Waals surface area contributed by atoms with E-state index < -0.39 is 10.8 Å². The van der Waals surface area contributed by atoms with Gasteiger partial charge in [0.25, 0.3) is 11.6 Å². The number of ether oxygens (including phenoxy) is 1. The maximum atomic E-state index is 11.6. The fraction of sp³-hybridized carbons (Fsp3) is 0.0588. The number of hydrazone groups is 1. The number of rotatable bonds is 7. The van der Waals surface area contributed by atoms with Gasteiger partial charge in [-0.1, -0.05) is 17.7 Å². The lowest BCUT2D eigenvalue weighted by atomic mass is 10.2. The van der Waals surface area contributed by atoms with E-state index in [-0.39, 0.29) is 12.3 Å². The van der Waals surface area contributed by atoms with E-state index in [4.69, 9.17) is 16.3 Å². The van der Waals surface area contributed by atoms with Crippen molar-refractivity contribution >= 4 is 51.4 Å². The second-order valence-electron chi connectivity index (χ2n) is 4.88. The number of nitrogens with one attached hydrogen (secondary N) is 1. The van der Waals surface area contributed by atoms with Crippen molar-refractivity contribution in [1.82, 2.24) is 5.43 Å². The first-order chi connectivity index (χ1) is 12.5. The molecule has 0 aliphatic carbocycles. The van der Waals surface area contributed by atoms with Gasteiger partial charge in [-0.25, -0.2) is 5.43 Å². The van der Waals surface area contributed by atoms with Crippen molar-refractivity contribution in [3.05, 3.63) is 73.7 Å². The first-order valence-electron chi connectivity index (χ1n) is 7.26. The number of nitro benzene ring substituents is 1. The van der Waals surface area contributed by atoms with Crippen LogP contribution >= 0.6 is 27.5 Å². The molecule has 134 valence electrons. The fourth-order valence-corrected chi connectivity index (χ4v) is 2.58. The molecule has 0 aromatic heterocycles. The molecule has 2 aromatic rings. The Hall–Kier alpha value is -2.71. The third-order valence-electron chi connectivity index (χ3n) is 3.00. The number of carbonyl (C=O) groups excluding carboxylic acids is 1. The lowest BCUT2D eigenvalue weighted by Crippen LogP contribution is -2.24. The van der Waals surface area contributed by atoms with Crippen molar-refractivity contribution in [2.45, 2.75) is 0 Å². The Labute approximate surface area is 162 Å². The van der Waals surface area contributed by atoms with Gasteiger partial charge < -0.3 is 4.74 Å². The van der Waals surface area contributed by atoms with Gasteiger partial charge in [0.2, 0.25) is 0 Å². The molecule has 0 saturated carbocycles. The molecule has 0 heterocycles. The smallest absolute Gasteiger partial charge is 0.277 e. The van der Waals surface area contributed by atoms with E-state index in [1.54, 1.807) is 42.5 Å². The van der Waals surface area contributed by atoms with Crippen LogP contribution in [-0.4, -0.2) is 23.7 Å². The second kappa shape index (κ2) is 9.69. The van der Waals surface area contributed by atoms with Crippen molar-refractivity contribution in [2.75, 3.05) is 6.61 Å². The van der Waals surface area contributed by atoms with Crippen molar-refractivity contribution < 1.29 is 14.5 Å². The molecule has 0 aliphatic heterocycles. The van der Waals surface area contributed by atoms with Gasteiger partial charge in [0.15, 0.2) is 6.61 Å². The zero-order valence-corrected chi connectivity index (χ0v) is 15.6. The van der Waals surface area contributed by atoms with Crippen LogP contribution in [0.15, 0.2) is 58.1 Å². The number of amides is 1. The summed E-state index contributed by atoms with van der Waals surface area (Å²) >= 11 is 9.11. The summed E-state index contributed by atoms with van der Waals surface area (Å²) in [6.07, 6.45) is 4.68. The monoisotopic (exact) mass is 437 g/mol. The third kappa shape index (κ3) is 6.30. The minimum atomic E-state index is -0.463. The summed E-state index contributed by atoms with van der Waals surface area (Å²) < 4.78 is 5.99. The summed E-state index contributed by atoms with van der Waals surface area (Å²) in [5, 5.41) is 14.9. The maximum Gasteiger partial charge on any atom is 0.277 e. The Kier molecular flexibility index (Phi) is 7.31. The van der Waals surface area contributed by atoms with Crippen LogP contribution in [0.5, 0.6) is 5.75 Å². The van der Waals surface area contributed by atoms with Crippen LogP contribution < -0.4 is 10.2 Å². The molecule has 2 aromatic carbocycles. The minimum Gasteiger partial charge on any atom is -0.483 e. The molecule has 0 bridgehead atoms. The van der Waals surface area contributed by atoms with E-state index in [9.17, 15) is 14.9 Å². The first-order valence-corrected chi connectivity index (χ1v) is 8.43. The van der Waals surface area contributed by atoms with Gasteiger partial charge in [-0.05, 0) is 57.9 Å². The minimum absolute atomic E-state index is 0.0235. The molecule has 7 nitrogen and oxygen atoms in total. The van der Waals surface area contributed by atoms with Gasteiger partial charge in [-0.3, -0.25) is 14.9 Å². The van der Waals surface area contributed by atoms with Crippen molar-refractivity contribution in [2.24, 2.45) is 5.10 Å². The molecule has 2 rings (SSSR count). The normalized spacial score (nSPS) is 11.0. The van der Waals surface area contributed by atoms with Gasteiger partial charge in [-0.2, -0.15) is 5.10 Å². The van der Waals surface area contributed by atoms with E-state index >= 15 is 0 Å². The lowest BCUT2D eigenvalue weighted by Gasteiger charge is -2.07. The van der Waals surface area contributed by atoms with Crippen molar-refractivity contribution in [1.29, 1.82) is 0 Å². The topological polar surface area (TPSA) is 93.8 Å². The highest BCUT2D eigenvalue weighted by atomic mass is 79.9. The lowest BCUT2D eigenvalue weighted by molar-refractivity contribution is -0.384.